The zero-order valence-corrected chi connectivity index (χ0v) is 11.0. The molecule has 0 amide bonds. The van der Waals surface area contributed by atoms with Crippen LogP contribution in [-0.4, -0.2) is 11.1 Å². The number of aromatic carboxylic acids is 1. The van der Waals surface area contributed by atoms with Gasteiger partial charge in [-0.3, -0.25) is 0 Å². The van der Waals surface area contributed by atoms with E-state index in [-0.39, 0.29) is 5.56 Å². The molecule has 2 aromatic carbocycles. The fourth-order valence-electron chi connectivity index (χ4n) is 1.60. The molecule has 0 aliphatic rings. The van der Waals surface area contributed by atoms with Gasteiger partial charge in [0, 0.05) is 9.50 Å². The van der Waals surface area contributed by atoms with Crippen LogP contribution < -0.4 is 0 Å². The highest BCUT2D eigenvalue weighted by Gasteiger charge is 2.12. The van der Waals surface area contributed by atoms with Crippen molar-refractivity contribution in [1.82, 2.24) is 0 Å². The lowest BCUT2D eigenvalue weighted by atomic mass is 10.00. The zero-order valence-electron chi connectivity index (χ0n) is 8.65. The second-order valence-corrected chi connectivity index (χ2v) is 4.86. The summed E-state index contributed by atoms with van der Waals surface area (Å²) < 4.78 is 0.737. The molecule has 2 nitrogen and oxygen atoms in total. The van der Waals surface area contributed by atoms with Crippen LogP contribution in [0.1, 0.15) is 10.4 Å². The first kappa shape index (κ1) is 12.1. The van der Waals surface area contributed by atoms with Gasteiger partial charge >= 0.3 is 5.97 Å². The predicted molar refractivity (Wildman–Crippen MR) is 71.5 cm³/mol. The summed E-state index contributed by atoms with van der Waals surface area (Å²) >= 11 is 9.16. The summed E-state index contributed by atoms with van der Waals surface area (Å²) in [6, 6.07) is 12.3. The molecular formula is C13H8BrClO2. The predicted octanol–water partition coefficient (Wildman–Crippen LogP) is 4.47. The van der Waals surface area contributed by atoms with E-state index in [0.717, 1.165) is 10.0 Å². The molecule has 0 atom stereocenters. The summed E-state index contributed by atoms with van der Waals surface area (Å²) in [5.41, 5.74) is 1.70. The topological polar surface area (TPSA) is 37.3 Å². The van der Waals surface area contributed by atoms with Gasteiger partial charge in [0.15, 0.2) is 0 Å². The average molecular weight is 312 g/mol. The molecule has 0 fully saturated rings. The summed E-state index contributed by atoms with van der Waals surface area (Å²) in [5.74, 6) is -0.957. The SMILES string of the molecule is O=C(O)c1cc(Br)ccc1-c1cccc(Cl)c1. The van der Waals surface area contributed by atoms with Crippen LogP contribution in [0.3, 0.4) is 0 Å². The van der Waals surface area contributed by atoms with Gasteiger partial charge in [-0.2, -0.15) is 0 Å². The van der Waals surface area contributed by atoms with Crippen LogP contribution in [0.2, 0.25) is 5.02 Å². The number of carbonyl (C=O) groups is 1. The Balaban J connectivity index is 2.63. The maximum atomic E-state index is 11.2. The maximum Gasteiger partial charge on any atom is 0.336 e. The molecule has 2 aromatic rings. The number of carboxylic acid groups (broad SMARTS) is 1. The summed E-state index contributed by atoms with van der Waals surface area (Å²) in [6.07, 6.45) is 0. The fourth-order valence-corrected chi connectivity index (χ4v) is 2.15. The molecule has 2 rings (SSSR count). The molecule has 0 unspecified atom stereocenters. The van der Waals surface area contributed by atoms with Crippen LogP contribution in [0.5, 0.6) is 0 Å². The van der Waals surface area contributed by atoms with Crippen molar-refractivity contribution >= 4 is 33.5 Å². The molecular weight excluding hydrogens is 303 g/mol. The maximum absolute atomic E-state index is 11.2. The summed E-state index contributed by atoms with van der Waals surface area (Å²) in [4.78, 5) is 11.2. The molecule has 86 valence electrons. The van der Waals surface area contributed by atoms with Crippen molar-refractivity contribution in [2.45, 2.75) is 0 Å². The van der Waals surface area contributed by atoms with Crippen LogP contribution in [-0.2, 0) is 0 Å². The van der Waals surface area contributed by atoms with Crippen molar-refractivity contribution in [2.75, 3.05) is 0 Å². The third kappa shape index (κ3) is 2.68. The fraction of sp³-hybridized carbons (Fsp3) is 0. The summed E-state index contributed by atoms with van der Waals surface area (Å²) in [6.45, 7) is 0. The van der Waals surface area contributed by atoms with E-state index in [1.165, 1.54) is 0 Å². The zero-order chi connectivity index (χ0) is 12.4. The Hall–Kier alpha value is -1.32. The van der Waals surface area contributed by atoms with E-state index in [2.05, 4.69) is 15.9 Å². The summed E-state index contributed by atoms with van der Waals surface area (Å²) in [5, 5.41) is 9.75. The standard InChI is InChI=1S/C13H8BrClO2/c14-9-4-5-11(12(7-9)13(16)17)8-2-1-3-10(15)6-8/h1-7H,(H,16,17). The van der Waals surface area contributed by atoms with E-state index in [1.807, 2.05) is 12.1 Å². The Morgan fingerprint density at radius 1 is 1.18 bits per heavy atom. The van der Waals surface area contributed by atoms with Crippen molar-refractivity contribution in [2.24, 2.45) is 0 Å². The monoisotopic (exact) mass is 310 g/mol. The number of benzene rings is 2. The molecule has 0 spiro atoms. The minimum atomic E-state index is -0.957. The Morgan fingerprint density at radius 2 is 1.94 bits per heavy atom. The number of hydrogen-bond acceptors (Lipinski definition) is 1. The molecule has 0 aliphatic carbocycles. The molecule has 0 radical (unpaired) electrons. The number of hydrogen-bond donors (Lipinski definition) is 1. The van der Waals surface area contributed by atoms with Gasteiger partial charge in [0.25, 0.3) is 0 Å². The lowest BCUT2D eigenvalue weighted by Crippen LogP contribution is -1.99. The van der Waals surface area contributed by atoms with Crippen LogP contribution in [0.4, 0.5) is 0 Å². The highest BCUT2D eigenvalue weighted by molar-refractivity contribution is 9.10. The van der Waals surface area contributed by atoms with Gasteiger partial charge in [-0.1, -0.05) is 45.7 Å². The van der Waals surface area contributed by atoms with Crippen molar-refractivity contribution in [1.29, 1.82) is 0 Å². The quantitative estimate of drug-likeness (QED) is 0.888. The Morgan fingerprint density at radius 3 is 2.59 bits per heavy atom. The first-order valence-electron chi connectivity index (χ1n) is 4.87. The van der Waals surface area contributed by atoms with E-state index in [0.29, 0.717) is 10.6 Å². The smallest absolute Gasteiger partial charge is 0.336 e. The Kier molecular flexibility index (Phi) is 3.50. The molecule has 17 heavy (non-hydrogen) atoms. The van der Waals surface area contributed by atoms with E-state index in [4.69, 9.17) is 16.7 Å². The lowest BCUT2D eigenvalue weighted by Gasteiger charge is -2.07. The van der Waals surface area contributed by atoms with Crippen molar-refractivity contribution in [3.63, 3.8) is 0 Å². The largest absolute Gasteiger partial charge is 0.478 e. The molecule has 1 N–H and O–H groups in total. The molecule has 0 heterocycles. The van der Waals surface area contributed by atoms with Crippen molar-refractivity contribution in [3.05, 3.63) is 57.5 Å². The number of halogens is 2. The molecule has 0 saturated carbocycles. The third-order valence-corrected chi connectivity index (χ3v) is 3.08. The van der Waals surface area contributed by atoms with E-state index in [9.17, 15) is 4.79 Å². The normalized spacial score (nSPS) is 10.2. The van der Waals surface area contributed by atoms with Gasteiger partial charge in [0.2, 0.25) is 0 Å². The Labute approximate surface area is 112 Å². The van der Waals surface area contributed by atoms with Crippen molar-refractivity contribution in [3.8, 4) is 11.1 Å². The average Bonchev–Trinajstić information content (AvgIpc) is 2.28. The van der Waals surface area contributed by atoms with Gasteiger partial charge in [0.05, 0.1) is 5.56 Å². The third-order valence-electron chi connectivity index (χ3n) is 2.35. The highest BCUT2D eigenvalue weighted by atomic mass is 79.9. The van der Waals surface area contributed by atoms with Gasteiger partial charge in [-0.05, 0) is 35.4 Å². The van der Waals surface area contributed by atoms with Gasteiger partial charge < -0.3 is 5.11 Å². The molecule has 4 heteroatoms. The molecule has 0 aliphatic heterocycles. The second kappa shape index (κ2) is 4.90. The van der Waals surface area contributed by atoms with Crippen molar-refractivity contribution < 1.29 is 9.90 Å². The van der Waals surface area contributed by atoms with Crippen LogP contribution in [0.25, 0.3) is 11.1 Å². The number of carboxylic acids is 1. The van der Waals surface area contributed by atoms with E-state index >= 15 is 0 Å². The second-order valence-electron chi connectivity index (χ2n) is 3.51. The number of rotatable bonds is 2. The molecule has 0 bridgehead atoms. The minimum absolute atomic E-state index is 0.252. The lowest BCUT2D eigenvalue weighted by molar-refractivity contribution is 0.0697. The van der Waals surface area contributed by atoms with Crippen LogP contribution in [0.15, 0.2) is 46.9 Å². The first-order valence-corrected chi connectivity index (χ1v) is 6.04. The first-order chi connectivity index (χ1) is 8.08. The summed E-state index contributed by atoms with van der Waals surface area (Å²) in [7, 11) is 0. The molecule has 0 aromatic heterocycles. The van der Waals surface area contributed by atoms with Gasteiger partial charge in [0.1, 0.15) is 0 Å². The van der Waals surface area contributed by atoms with Gasteiger partial charge in [-0.15, -0.1) is 0 Å². The van der Waals surface area contributed by atoms with Crippen LogP contribution in [0, 0.1) is 0 Å². The Bertz CT molecular complexity index is 581. The highest BCUT2D eigenvalue weighted by Crippen LogP contribution is 2.28. The van der Waals surface area contributed by atoms with E-state index in [1.54, 1.807) is 30.3 Å². The van der Waals surface area contributed by atoms with E-state index < -0.39 is 5.97 Å². The van der Waals surface area contributed by atoms with Gasteiger partial charge in [-0.25, -0.2) is 4.79 Å². The minimum Gasteiger partial charge on any atom is -0.478 e. The van der Waals surface area contributed by atoms with Crippen LogP contribution >= 0.6 is 27.5 Å². The molecule has 0 saturated heterocycles.